The summed E-state index contributed by atoms with van der Waals surface area (Å²) in [6.07, 6.45) is -4.53. The summed E-state index contributed by atoms with van der Waals surface area (Å²) < 4.78 is 38.7. The predicted octanol–water partition coefficient (Wildman–Crippen LogP) is 4.30. The summed E-state index contributed by atoms with van der Waals surface area (Å²) in [5.41, 5.74) is 4.87. The minimum absolute atomic E-state index is 0.0181. The van der Waals surface area contributed by atoms with E-state index in [4.69, 9.17) is 5.73 Å². The van der Waals surface area contributed by atoms with Crippen molar-refractivity contribution in [2.45, 2.75) is 6.18 Å². The fraction of sp³-hybridized carbons (Fsp3) is 0.0714. The van der Waals surface area contributed by atoms with Crippen LogP contribution < -0.4 is 11.1 Å². The van der Waals surface area contributed by atoms with Crippen molar-refractivity contribution >= 4 is 33.2 Å². The fourth-order valence-corrected chi connectivity index (χ4v) is 2.09. The Morgan fingerprint density at radius 2 is 1.86 bits per heavy atom. The highest BCUT2D eigenvalue weighted by molar-refractivity contribution is 9.10. The van der Waals surface area contributed by atoms with Gasteiger partial charge < -0.3 is 11.1 Å². The zero-order valence-corrected chi connectivity index (χ0v) is 12.1. The van der Waals surface area contributed by atoms with E-state index in [0.717, 1.165) is 22.7 Å². The smallest absolute Gasteiger partial charge is 0.398 e. The molecule has 0 aliphatic carbocycles. The molecule has 110 valence electrons. The van der Waals surface area contributed by atoms with E-state index in [2.05, 4.69) is 21.2 Å². The molecule has 0 aliphatic rings. The number of benzene rings is 2. The molecule has 0 fully saturated rings. The third-order valence-electron chi connectivity index (χ3n) is 2.71. The van der Waals surface area contributed by atoms with Crippen LogP contribution in [-0.2, 0) is 6.18 Å². The van der Waals surface area contributed by atoms with Crippen LogP contribution in [-0.4, -0.2) is 5.91 Å². The van der Waals surface area contributed by atoms with Gasteiger partial charge in [0.25, 0.3) is 5.91 Å². The average Bonchev–Trinajstić information content (AvgIpc) is 2.37. The topological polar surface area (TPSA) is 55.1 Å². The highest BCUT2D eigenvalue weighted by Gasteiger charge is 2.31. The summed E-state index contributed by atoms with van der Waals surface area (Å²) in [7, 11) is 0. The third-order valence-corrected chi connectivity index (χ3v) is 3.20. The monoisotopic (exact) mass is 358 g/mol. The van der Waals surface area contributed by atoms with Gasteiger partial charge in [-0.25, -0.2) is 0 Å². The van der Waals surface area contributed by atoms with Gasteiger partial charge in [-0.1, -0.05) is 22.0 Å². The molecular formula is C14H10BrF3N2O. The number of nitrogens with two attached hydrogens (primary N) is 1. The van der Waals surface area contributed by atoms with Crippen molar-refractivity contribution in [2.24, 2.45) is 0 Å². The van der Waals surface area contributed by atoms with Crippen LogP contribution in [0.2, 0.25) is 0 Å². The number of nitrogen functional groups attached to an aromatic ring is 1. The van der Waals surface area contributed by atoms with E-state index in [-0.39, 0.29) is 11.3 Å². The van der Waals surface area contributed by atoms with Crippen LogP contribution in [0.3, 0.4) is 0 Å². The maximum Gasteiger partial charge on any atom is 0.416 e. The number of halogens is 4. The Bertz CT molecular complexity index is 686. The lowest BCUT2D eigenvalue weighted by atomic mass is 10.1. The lowest BCUT2D eigenvalue weighted by Gasteiger charge is -2.11. The zero-order valence-electron chi connectivity index (χ0n) is 10.5. The van der Waals surface area contributed by atoms with Crippen molar-refractivity contribution in [3.8, 4) is 0 Å². The molecule has 0 aliphatic heterocycles. The number of alkyl halides is 3. The number of carbonyl (C=O) groups is 1. The molecule has 0 saturated carbocycles. The van der Waals surface area contributed by atoms with Crippen molar-refractivity contribution in [1.29, 1.82) is 0 Å². The number of anilines is 2. The van der Waals surface area contributed by atoms with Gasteiger partial charge in [-0.3, -0.25) is 4.79 Å². The molecule has 0 bridgehead atoms. The van der Waals surface area contributed by atoms with Gasteiger partial charge in [-0.15, -0.1) is 0 Å². The van der Waals surface area contributed by atoms with E-state index in [9.17, 15) is 18.0 Å². The molecule has 2 aromatic rings. The predicted molar refractivity (Wildman–Crippen MR) is 78.0 cm³/mol. The van der Waals surface area contributed by atoms with E-state index in [0.29, 0.717) is 5.69 Å². The standard InChI is InChI=1S/C14H10BrF3N2O/c15-9-2-1-3-10(7-9)20-13(21)11-6-8(14(16,17)18)4-5-12(11)19/h1-7H,19H2,(H,20,21). The van der Waals surface area contributed by atoms with E-state index >= 15 is 0 Å². The SMILES string of the molecule is Nc1ccc(C(F)(F)F)cc1C(=O)Nc1cccc(Br)c1. The highest BCUT2D eigenvalue weighted by atomic mass is 79.9. The second kappa shape index (κ2) is 5.77. The zero-order chi connectivity index (χ0) is 15.6. The van der Waals surface area contributed by atoms with Crippen molar-refractivity contribution in [3.63, 3.8) is 0 Å². The maximum atomic E-state index is 12.7. The molecule has 3 nitrogen and oxygen atoms in total. The summed E-state index contributed by atoms with van der Waals surface area (Å²) in [5.74, 6) is -0.698. The molecule has 2 aromatic carbocycles. The summed E-state index contributed by atoms with van der Waals surface area (Å²) in [6.45, 7) is 0. The Balaban J connectivity index is 2.31. The first-order chi connectivity index (χ1) is 9.77. The maximum absolute atomic E-state index is 12.7. The van der Waals surface area contributed by atoms with Gasteiger partial charge in [0.05, 0.1) is 11.1 Å². The van der Waals surface area contributed by atoms with Crippen molar-refractivity contribution in [2.75, 3.05) is 11.1 Å². The normalized spacial score (nSPS) is 11.2. The van der Waals surface area contributed by atoms with Crippen molar-refractivity contribution in [3.05, 3.63) is 58.1 Å². The van der Waals surface area contributed by atoms with Crippen molar-refractivity contribution < 1.29 is 18.0 Å². The molecule has 1 amide bonds. The van der Waals surface area contributed by atoms with E-state index in [1.807, 2.05) is 0 Å². The Morgan fingerprint density at radius 3 is 2.48 bits per heavy atom. The van der Waals surface area contributed by atoms with Crippen LogP contribution in [0, 0.1) is 0 Å². The summed E-state index contributed by atoms with van der Waals surface area (Å²) in [6, 6.07) is 9.34. The van der Waals surface area contributed by atoms with Gasteiger partial charge in [-0.05, 0) is 36.4 Å². The summed E-state index contributed by atoms with van der Waals surface area (Å²) in [5, 5.41) is 2.50. The summed E-state index contributed by atoms with van der Waals surface area (Å²) >= 11 is 3.24. The molecular weight excluding hydrogens is 349 g/mol. The van der Waals surface area contributed by atoms with Crippen molar-refractivity contribution in [1.82, 2.24) is 0 Å². The lowest BCUT2D eigenvalue weighted by molar-refractivity contribution is -0.137. The molecule has 0 atom stereocenters. The average molecular weight is 359 g/mol. The Hall–Kier alpha value is -2.02. The third kappa shape index (κ3) is 3.75. The highest BCUT2D eigenvalue weighted by Crippen LogP contribution is 2.31. The first-order valence-electron chi connectivity index (χ1n) is 5.81. The minimum atomic E-state index is -4.53. The van der Waals surface area contributed by atoms with E-state index < -0.39 is 17.6 Å². The summed E-state index contributed by atoms with van der Waals surface area (Å²) in [4.78, 5) is 12.1. The minimum Gasteiger partial charge on any atom is -0.398 e. The number of hydrogen-bond acceptors (Lipinski definition) is 2. The molecule has 0 radical (unpaired) electrons. The molecule has 3 N–H and O–H groups in total. The van der Waals surface area contributed by atoms with Crippen LogP contribution in [0.4, 0.5) is 24.5 Å². The Morgan fingerprint density at radius 1 is 1.14 bits per heavy atom. The Kier molecular flexibility index (Phi) is 4.22. The fourth-order valence-electron chi connectivity index (χ4n) is 1.69. The lowest BCUT2D eigenvalue weighted by Crippen LogP contribution is -2.16. The van der Waals surface area contributed by atoms with Gasteiger partial charge in [0.15, 0.2) is 0 Å². The van der Waals surface area contributed by atoms with Gasteiger partial charge in [0.1, 0.15) is 0 Å². The van der Waals surface area contributed by atoms with E-state index in [1.54, 1.807) is 24.3 Å². The number of nitrogens with one attached hydrogen (secondary N) is 1. The molecule has 0 saturated heterocycles. The van der Waals surface area contributed by atoms with Crippen LogP contribution in [0.25, 0.3) is 0 Å². The van der Waals surface area contributed by atoms with Crippen LogP contribution >= 0.6 is 15.9 Å². The van der Waals surface area contributed by atoms with Gasteiger partial charge in [0.2, 0.25) is 0 Å². The van der Waals surface area contributed by atoms with Crippen LogP contribution in [0.1, 0.15) is 15.9 Å². The number of carbonyl (C=O) groups excluding carboxylic acids is 1. The quantitative estimate of drug-likeness (QED) is 0.786. The number of hydrogen-bond donors (Lipinski definition) is 2. The van der Waals surface area contributed by atoms with Gasteiger partial charge in [0, 0.05) is 15.8 Å². The molecule has 0 spiro atoms. The molecule has 7 heteroatoms. The van der Waals surface area contributed by atoms with Crippen LogP contribution in [0.15, 0.2) is 46.9 Å². The number of rotatable bonds is 2. The number of amides is 1. The van der Waals surface area contributed by atoms with Gasteiger partial charge in [-0.2, -0.15) is 13.2 Å². The van der Waals surface area contributed by atoms with Gasteiger partial charge >= 0.3 is 6.18 Å². The Labute approximate surface area is 127 Å². The van der Waals surface area contributed by atoms with Crippen LogP contribution in [0.5, 0.6) is 0 Å². The largest absolute Gasteiger partial charge is 0.416 e. The van der Waals surface area contributed by atoms with E-state index in [1.165, 1.54) is 0 Å². The second-order valence-corrected chi connectivity index (χ2v) is 5.18. The first-order valence-corrected chi connectivity index (χ1v) is 6.60. The molecule has 21 heavy (non-hydrogen) atoms. The second-order valence-electron chi connectivity index (χ2n) is 4.26. The molecule has 2 rings (SSSR count). The molecule has 0 aromatic heterocycles. The molecule has 0 heterocycles. The first kappa shape index (κ1) is 15.4. The molecule has 0 unspecified atom stereocenters.